The van der Waals surface area contributed by atoms with E-state index in [1.54, 1.807) is 22.8 Å². The Labute approximate surface area is 124 Å². The number of aromatic nitrogens is 3. The second kappa shape index (κ2) is 6.15. The Morgan fingerprint density at radius 1 is 1.60 bits per heavy atom. The number of hydrogen-bond donors (Lipinski definition) is 3. The third-order valence-electron chi connectivity index (χ3n) is 2.61. The van der Waals surface area contributed by atoms with E-state index in [-0.39, 0.29) is 11.5 Å². The number of halogens is 1. The lowest BCUT2D eigenvalue weighted by atomic mass is 10.2. The molecule has 1 heterocycles. The summed E-state index contributed by atoms with van der Waals surface area (Å²) in [6.07, 6.45) is 0.844. The topological polar surface area (TPSA) is 101 Å². The maximum atomic E-state index is 11.6. The Morgan fingerprint density at radius 3 is 2.95 bits per heavy atom. The predicted octanol–water partition coefficient (Wildman–Crippen LogP) is 2.07. The molecule has 0 radical (unpaired) electrons. The number of nitrogen functional groups attached to an aromatic ring is 1. The molecule has 8 heteroatoms. The van der Waals surface area contributed by atoms with Crippen molar-refractivity contribution in [2.75, 3.05) is 0 Å². The molecule has 0 saturated heterocycles. The van der Waals surface area contributed by atoms with Crippen LogP contribution >= 0.6 is 23.4 Å². The minimum Gasteiger partial charge on any atom is -0.384 e. The van der Waals surface area contributed by atoms with Crippen LogP contribution < -0.4 is 11.4 Å². The summed E-state index contributed by atoms with van der Waals surface area (Å²) in [4.78, 5) is 12.4. The van der Waals surface area contributed by atoms with E-state index in [0.29, 0.717) is 22.3 Å². The van der Waals surface area contributed by atoms with Crippen LogP contribution in [0.2, 0.25) is 5.02 Å². The number of nitrogens with one attached hydrogen (secondary N) is 2. The second-order valence-electron chi connectivity index (χ2n) is 4.12. The number of amidine groups is 1. The molecular formula is C12H14ClN5OS. The fraction of sp³-hybridized carbons (Fsp3) is 0.250. The average Bonchev–Trinajstić information content (AvgIpc) is 2.72. The molecule has 20 heavy (non-hydrogen) atoms. The fourth-order valence-corrected chi connectivity index (χ4v) is 2.93. The summed E-state index contributed by atoms with van der Waals surface area (Å²) in [5.74, 6) is -0.0748. The summed E-state index contributed by atoms with van der Waals surface area (Å²) in [6, 6.07) is 5.18. The van der Waals surface area contributed by atoms with Gasteiger partial charge in [0.2, 0.25) is 0 Å². The molecule has 0 saturated carbocycles. The van der Waals surface area contributed by atoms with Crippen LogP contribution in [0.3, 0.4) is 0 Å². The van der Waals surface area contributed by atoms with E-state index >= 15 is 0 Å². The van der Waals surface area contributed by atoms with Gasteiger partial charge in [-0.25, -0.2) is 9.89 Å². The monoisotopic (exact) mass is 311 g/mol. The highest BCUT2D eigenvalue weighted by atomic mass is 35.5. The Morgan fingerprint density at radius 2 is 2.35 bits per heavy atom. The minimum absolute atomic E-state index is 0.0748. The molecule has 0 aliphatic rings. The van der Waals surface area contributed by atoms with E-state index in [9.17, 15) is 4.79 Å². The first kappa shape index (κ1) is 14.7. The molecule has 0 unspecified atom stereocenters. The van der Waals surface area contributed by atoms with Gasteiger partial charge in [-0.1, -0.05) is 18.5 Å². The van der Waals surface area contributed by atoms with Gasteiger partial charge in [-0.2, -0.15) is 0 Å². The molecule has 0 fully saturated rings. The number of nitrogens with zero attached hydrogens (tertiary/aromatic N) is 2. The van der Waals surface area contributed by atoms with Crippen LogP contribution in [0.15, 0.2) is 33.0 Å². The van der Waals surface area contributed by atoms with Crippen LogP contribution in [0.5, 0.6) is 0 Å². The van der Waals surface area contributed by atoms with Crippen molar-refractivity contribution >= 4 is 29.2 Å². The van der Waals surface area contributed by atoms with Gasteiger partial charge in [-0.15, -0.1) is 5.10 Å². The minimum atomic E-state index is -0.221. The maximum Gasteiger partial charge on any atom is 0.343 e. The van der Waals surface area contributed by atoms with Gasteiger partial charge >= 0.3 is 5.69 Å². The Balaban J connectivity index is 2.29. The van der Waals surface area contributed by atoms with Crippen molar-refractivity contribution in [2.24, 2.45) is 5.73 Å². The van der Waals surface area contributed by atoms with Crippen molar-refractivity contribution in [3.63, 3.8) is 0 Å². The van der Waals surface area contributed by atoms with Gasteiger partial charge in [0.05, 0.1) is 5.02 Å². The van der Waals surface area contributed by atoms with Crippen LogP contribution in [0.25, 0.3) is 0 Å². The van der Waals surface area contributed by atoms with E-state index in [1.807, 2.05) is 6.92 Å². The molecule has 6 nitrogen and oxygen atoms in total. The highest BCUT2D eigenvalue weighted by Gasteiger charge is 2.11. The zero-order valence-corrected chi connectivity index (χ0v) is 12.4. The Bertz CT molecular complexity index is 693. The van der Waals surface area contributed by atoms with Crippen molar-refractivity contribution in [1.29, 1.82) is 5.41 Å². The number of H-pyrrole nitrogens is 1. The molecule has 1 aromatic carbocycles. The molecule has 0 aliphatic heterocycles. The highest BCUT2D eigenvalue weighted by molar-refractivity contribution is 7.99. The molecule has 1 aromatic heterocycles. The first-order valence-electron chi connectivity index (χ1n) is 6.00. The van der Waals surface area contributed by atoms with Gasteiger partial charge in [0, 0.05) is 17.0 Å². The summed E-state index contributed by atoms with van der Waals surface area (Å²) in [6.45, 7) is 2.60. The third-order valence-corrected chi connectivity index (χ3v) is 3.91. The fourth-order valence-electron chi connectivity index (χ4n) is 1.69. The number of nitrogens with two attached hydrogens (primary N) is 1. The summed E-state index contributed by atoms with van der Waals surface area (Å²) >= 11 is 7.40. The summed E-state index contributed by atoms with van der Waals surface area (Å²) in [5, 5.41) is 14.8. The molecular weight excluding hydrogens is 298 g/mol. The number of benzene rings is 1. The molecule has 0 amide bonds. The van der Waals surface area contributed by atoms with Crippen LogP contribution in [0.4, 0.5) is 0 Å². The predicted molar refractivity (Wildman–Crippen MR) is 79.7 cm³/mol. The molecule has 106 valence electrons. The second-order valence-corrected chi connectivity index (χ2v) is 5.57. The van der Waals surface area contributed by atoms with Gasteiger partial charge in [0.1, 0.15) is 5.84 Å². The molecule has 2 rings (SSSR count). The van der Waals surface area contributed by atoms with Crippen LogP contribution in [0.1, 0.15) is 18.9 Å². The third kappa shape index (κ3) is 3.05. The molecule has 0 aliphatic carbocycles. The van der Waals surface area contributed by atoms with Crippen molar-refractivity contribution in [3.05, 3.63) is 39.3 Å². The van der Waals surface area contributed by atoms with Gasteiger partial charge < -0.3 is 5.73 Å². The summed E-state index contributed by atoms with van der Waals surface area (Å²) in [7, 11) is 0. The van der Waals surface area contributed by atoms with E-state index in [0.717, 1.165) is 11.3 Å². The molecule has 0 atom stereocenters. The maximum absolute atomic E-state index is 11.6. The van der Waals surface area contributed by atoms with Gasteiger partial charge in [0.15, 0.2) is 5.16 Å². The molecule has 2 aromatic rings. The molecule has 4 N–H and O–H groups in total. The molecule has 0 bridgehead atoms. The lowest BCUT2D eigenvalue weighted by Gasteiger charge is -2.06. The van der Waals surface area contributed by atoms with E-state index < -0.39 is 0 Å². The van der Waals surface area contributed by atoms with Crippen molar-refractivity contribution in [2.45, 2.75) is 29.9 Å². The standard InChI is InChI=1S/C12H14ClN5OS/c1-2-5-18-11(19)16-17-12(18)20-7-3-4-8(10(14)15)9(13)6-7/h3-4,6H,2,5H2,1H3,(H3,14,15)(H,16,19). The van der Waals surface area contributed by atoms with E-state index in [1.165, 1.54) is 11.8 Å². The first-order valence-corrected chi connectivity index (χ1v) is 7.19. The smallest absolute Gasteiger partial charge is 0.343 e. The number of aromatic amines is 1. The zero-order chi connectivity index (χ0) is 14.7. The zero-order valence-electron chi connectivity index (χ0n) is 10.8. The average molecular weight is 312 g/mol. The number of hydrogen-bond acceptors (Lipinski definition) is 4. The van der Waals surface area contributed by atoms with Crippen LogP contribution in [-0.2, 0) is 6.54 Å². The van der Waals surface area contributed by atoms with Crippen LogP contribution in [0, 0.1) is 5.41 Å². The van der Waals surface area contributed by atoms with Gasteiger partial charge in [0.25, 0.3) is 0 Å². The number of rotatable bonds is 5. The lowest BCUT2D eigenvalue weighted by Crippen LogP contribution is -2.17. The van der Waals surface area contributed by atoms with E-state index in [4.69, 9.17) is 22.7 Å². The first-order chi connectivity index (χ1) is 9.52. The quantitative estimate of drug-likeness (QED) is 0.581. The highest BCUT2D eigenvalue weighted by Crippen LogP contribution is 2.29. The van der Waals surface area contributed by atoms with Gasteiger partial charge in [-0.3, -0.25) is 9.98 Å². The molecule has 0 spiro atoms. The Kier molecular flexibility index (Phi) is 4.51. The summed E-state index contributed by atoms with van der Waals surface area (Å²) < 4.78 is 1.58. The lowest BCUT2D eigenvalue weighted by molar-refractivity contribution is 0.604. The Hall–Kier alpha value is -1.73. The van der Waals surface area contributed by atoms with Crippen molar-refractivity contribution in [1.82, 2.24) is 14.8 Å². The van der Waals surface area contributed by atoms with E-state index in [2.05, 4.69) is 10.2 Å². The SMILES string of the molecule is CCCn1c(Sc2ccc(C(=N)N)c(Cl)c2)n[nH]c1=O. The van der Waals surface area contributed by atoms with Crippen molar-refractivity contribution < 1.29 is 0 Å². The normalized spacial score (nSPS) is 10.7. The van der Waals surface area contributed by atoms with Crippen LogP contribution in [-0.4, -0.2) is 20.6 Å². The van der Waals surface area contributed by atoms with Crippen molar-refractivity contribution in [3.8, 4) is 0 Å². The van der Waals surface area contributed by atoms with Gasteiger partial charge in [-0.05, 0) is 36.4 Å². The summed E-state index contributed by atoms with van der Waals surface area (Å²) in [5.41, 5.74) is 5.68. The largest absolute Gasteiger partial charge is 0.384 e.